The predicted octanol–water partition coefficient (Wildman–Crippen LogP) is 1.52. The first-order valence-electron chi connectivity index (χ1n) is 8.26. The SMILES string of the molecule is O=C(NCc1ccccc1Cn1ccnc1)c1cnc2n(c1=O)CCS2. The highest BCUT2D eigenvalue weighted by molar-refractivity contribution is 7.99. The minimum Gasteiger partial charge on any atom is -0.348 e. The molecule has 0 unspecified atom stereocenters. The van der Waals surface area contributed by atoms with Crippen molar-refractivity contribution >= 4 is 17.7 Å². The predicted molar refractivity (Wildman–Crippen MR) is 98.2 cm³/mol. The maximum Gasteiger partial charge on any atom is 0.267 e. The van der Waals surface area contributed by atoms with Gasteiger partial charge in [-0.15, -0.1) is 0 Å². The number of carbonyl (C=O) groups excluding carboxylic acids is 1. The van der Waals surface area contributed by atoms with Crippen LogP contribution in [0.2, 0.25) is 0 Å². The number of carbonyl (C=O) groups is 1. The molecule has 0 bridgehead atoms. The normalized spacial score (nSPS) is 12.8. The lowest BCUT2D eigenvalue weighted by Gasteiger charge is -2.11. The minimum absolute atomic E-state index is 0.0864. The molecule has 132 valence electrons. The number of fused-ring (bicyclic) bond motifs is 1. The van der Waals surface area contributed by atoms with Crippen LogP contribution in [0, 0.1) is 0 Å². The molecular formula is C18H17N5O2S. The van der Waals surface area contributed by atoms with Gasteiger partial charge in [-0.3, -0.25) is 14.2 Å². The van der Waals surface area contributed by atoms with Crippen molar-refractivity contribution in [1.29, 1.82) is 0 Å². The van der Waals surface area contributed by atoms with Crippen molar-refractivity contribution in [2.24, 2.45) is 0 Å². The second kappa shape index (κ2) is 7.17. The Hall–Kier alpha value is -2.87. The van der Waals surface area contributed by atoms with Crippen LogP contribution in [-0.4, -0.2) is 30.8 Å². The number of aromatic nitrogens is 4. The van der Waals surface area contributed by atoms with Gasteiger partial charge in [0.15, 0.2) is 5.16 Å². The number of rotatable bonds is 5. The summed E-state index contributed by atoms with van der Waals surface area (Å²) in [5, 5.41) is 3.52. The van der Waals surface area contributed by atoms with E-state index in [1.165, 1.54) is 18.0 Å². The lowest BCUT2D eigenvalue weighted by Crippen LogP contribution is -2.33. The van der Waals surface area contributed by atoms with Gasteiger partial charge >= 0.3 is 0 Å². The van der Waals surface area contributed by atoms with Gasteiger partial charge < -0.3 is 9.88 Å². The van der Waals surface area contributed by atoms with Gasteiger partial charge in [-0.05, 0) is 11.1 Å². The van der Waals surface area contributed by atoms with Gasteiger partial charge in [0.05, 0.1) is 6.33 Å². The van der Waals surface area contributed by atoms with Crippen LogP contribution in [0.4, 0.5) is 0 Å². The van der Waals surface area contributed by atoms with Crippen LogP contribution in [0.5, 0.6) is 0 Å². The third-order valence-corrected chi connectivity index (χ3v) is 5.24. The van der Waals surface area contributed by atoms with E-state index in [-0.39, 0.29) is 11.1 Å². The van der Waals surface area contributed by atoms with Crippen molar-refractivity contribution in [3.63, 3.8) is 0 Å². The van der Waals surface area contributed by atoms with Crippen LogP contribution < -0.4 is 10.9 Å². The third kappa shape index (κ3) is 3.28. The van der Waals surface area contributed by atoms with E-state index in [4.69, 9.17) is 0 Å². The molecule has 0 atom stereocenters. The monoisotopic (exact) mass is 367 g/mol. The smallest absolute Gasteiger partial charge is 0.267 e. The zero-order valence-corrected chi connectivity index (χ0v) is 14.8. The fourth-order valence-electron chi connectivity index (χ4n) is 2.91. The molecular weight excluding hydrogens is 350 g/mol. The number of hydrogen-bond donors (Lipinski definition) is 1. The molecule has 1 aromatic carbocycles. The number of thioether (sulfide) groups is 1. The molecule has 1 aliphatic rings. The van der Waals surface area contributed by atoms with Gasteiger partial charge in [0.1, 0.15) is 5.56 Å². The number of nitrogens with zero attached hydrogens (tertiary/aromatic N) is 4. The molecule has 2 aromatic heterocycles. The summed E-state index contributed by atoms with van der Waals surface area (Å²) in [6.07, 6.45) is 6.76. The van der Waals surface area contributed by atoms with Crippen molar-refractivity contribution in [3.05, 3.63) is 76.2 Å². The highest BCUT2D eigenvalue weighted by atomic mass is 32.2. The average Bonchev–Trinajstić information content (AvgIpc) is 3.33. The van der Waals surface area contributed by atoms with Gasteiger partial charge in [0.2, 0.25) is 0 Å². The molecule has 0 spiro atoms. The molecule has 3 aromatic rings. The zero-order valence-electron chi connectivity index (χ0n) is 14.0. The van der Waals surface area contributed by atoms with Crippen LogP contribution in [0.3, 0.4) is 0 Å². The molecule has 26 heavy (non-hydrogen) atoms. The summed E-state index contributed by atoms with van der Waals surface area (Å²) in [4.78, 5) is 33.2. The number of nitrogens with one attached hydrogen (secondary N) is 1. The average molecular weight is 367 g/mol. The van der Waals surface area contributed by atoms with E-state index >= 15 is 0 Å². The van der Waals surface area contributed by atoms with Crippen LogP contribution in [0.1, 0.15) is 21.5 Å². The largest absolute Gasteiger partial charge is 0.348 e. The molecule has 3 heterocycles. The number of benzene rings is 1. The maximum absolute atomic E-state index is 12.5. The molecule has 1 amide bonds. The second-order valence-corrected chi connectivity index (χ2v) is 7.01. The van der Waals surface area contributed by atoms with E-state index in [0.717, 1.165) is 16.9 Å². The lowest BCUT2D eigenvalue weighted by molar-refractivity contribution is 0.0948. The van der Waals surface area contributed by atoms with Gasteiger partial charge in [-0.2, -0.15) is 0 Å². The summed E-state index contributed by atoms with van der Waals surface area (Å²) >= 11 is 1.53. The van der Waals surface area contributed by atoms with Gasteiger partial charge in [-0.1, -0.05) is 36.0 Å². The number of hydrogen-bond acceptors (Lipinski definition) is 5. The van der Waals surface area contributed by atoms with Crippen molar-refractivity contribution < 1.29 is 4.79 Å². The molecule has 1 N–H and O–H groups in total. The Kier molecular flexibility index (Phi) is 4.57. The summed E-state index contributed by atoms with van der Waals surface area (Å²) in [6.45, 7) is 1.62. The fourth-order valence-corrected chi connectivity index (χ4v) is 3.82. The first-order valence-corrected chi connectivity index (χ1v) is 9.24. The summed E-state index contributed by atoms with van der Waals surface area (Å²) in [7, 11) is 0. The van der Waals surface area contributed by atoms with Crippen LogP contribution in [-0.2, 0) is 19.6 Å². The Morgan fingerprint density at radius 2 is 2.12 bits per heavy atom. The molecule has 8 heteroatoms. The summed E-state index contributed by atoms with van der Waals surface area (Å²) < 4.78 is 3.53. The number of amides is 1. The quantitative estimate of drug-likeness (QED) is 0.692. The van der Waals surface area contributed by atoms with Crippen molar-refractivity contribution in [2.45, 2.75) is 24.8 Å². The standard InChI is InChI=1S/C18H17N5O2S/c24-16(15-10-21-18-23(17(15)25)7-8-26-18)20-9-13-3-1-2-4-14(13)11-22-6-5-19-12-22/h1-6,10,12H,7-9,11H2,(H,20,24). The first-order chi connectivity index (χ1) is 12.7. The van der Waals surface area contributed by atoms with E-state index in [1.54, 1.807) is 17.1 Å². The van der Waals surface area contributed by atoms with Crippen LogP contribution in [0.15, 0.2) is 59.1 Å². The highest BCUT2D eigenvalue weighted by Gasteiger charge is 2.19. The molecule has 7 nitrogen and oxygen atoms in total. The van der Waals surface area contributed by atoms with E-state index in [1.807, 2.05) is 35.0 Å². The Morgan fingerprint density at radius 3 is 2.92 bits per heavy atom. The molecule has 0 saturated heterocycles. The Balaban J connectivity index is 1.50. The van der Waals surface area contributed by atoms with Crippen molar-refractivity contribution in [2.75, 3.05) is 5.75 Å². The van der Waals surface area contributed by atoms with E-state index in [9.17, 15) is 9.59 Å². The Morgan fingerprint density at radius 1 is 1.27 bits per heavy atom. The van der Waals surface area contributed by atoms with Crippen molar-refractivity contribution in [1.82, 2.24) is 24.4 Å². The van der Waals surface area contributed by atoms with E-state index < -0.39 is 5.91 Å². The summed E-state index contributed by atoms with van der Waals surface area (Å²) in [6, 6.07) is 7.88. The molecule has 4 rings (SSSR count). The minimum atomic E-state index is -0.396. The molecule has 0 saturated carbocycles. The summed E-state index contributed by atoms with van der Waals surface area (Å²) in [5.74, 6) is 0.418. The van der Waals surface area contributed by atoms with Gasteiger partial charge in [0, 0.05) is 44.0 Å². The molecule has 0 radical (unpaired) electrons. The molecule has 1 aliphatic heterocycles. The maximum atomic E-state index is 12.5. The first kappa shape index (κ1) is 16.6. The molecule has 0 aliphatic carbocycles. The van der Waals surface area contributed by atoms with Gasteiger partial charge in [-0.25, -0.2) is 9.97 Å². The van der Waals surface area contributed by atoms with Crippen LogP contribution >= 0.6 is 11.8 Å². The molecule has 0 fully saturated rings. The fraction of sp³-hybridized carbons (Fsp3) is 0.222. The summed E-state index contributed by atoms with van der Waals surface area (Å²) in [5.41, 5.74) is 1.90. The van der Waals surface area contributed by atoms with Gasteiger partial charge in [0.25, 0.3) is 11.5 Å². The van der Waals surface area contributed by atoms with E-state index in [0.29, 0.717) is 24.8 Å². The highest BCUT2D eigenvalue weighted by Crippen LogP contribution is 2.20. The zero-order chi connectivity index (χ0) is 17.9. The Labute approximate surface area is 154 Å². The topological polar surface area (TPSA) is 81.8 Å². The van der Waals surface area contributed by atoms with Crippen molar-refractivity contribution in [3.8, 4) is 0 Å². The third-order valence-electron chi connectivity index (χ3n) is 4.27. The van der Waals surface area contributed by atoms with Crippen LogP contribution in [0.25, 0.3) is 0 Å². The lowest BCUT2D eigenvalue weighted by atomic mass is 10.1. The Bertz CT molecular complexity index is 997. The van der Waals surface area contributed by atoms with E-state index in [2.05, 4.69) is 15.3 Å². The number of imidazole rings is 1. The second-order valence-electron chi connectivity index (χ2n) is 5.95.